The van der Waals surface area contributed by atoms with Crippen LogP contribution in [-0.2, 0) is 0 Å². The van der Waals surface area contributed by atoms with Crippen molar-refractivity contribution in [3.05, 3.63) is 109 Å². The number of aryl methyl sites for hydroxylation is 1. The number of rotatable bonds is 4. The normalized spacial score (nSPS) is 11.7. The molecule has 0 aliphatic carbocycles. The van der Waals surface area contributed by atoms with Crippen LogP contribution in [0.3, 0.4) is 0 Å². The van der Waals surface area contributed by atoms with Crippen LogP contribution in [0, 0.1) is 6.92 Å². The number of nitrogens with zero attached hydrogens (tertiary/aromatic N) is 8. The Hall–Kier alpha value is -6.42. The molecule has 9 aromatic rings. The van der Waals surface area contributed by atoms with E-state index in [0.29, 0.717) is 35.0 Å². The summed E-state index contributed by atoms with van der Waals surface area (Å²) in [5, 5.41) is 21.3. The maximum absolute atomic E-state index is 6.13. The Labute approximate surface area is 254 Å². The van der Waals surface area contributed by atoms with E-state index in [0.717, 1.165) is 60.3 Å². The summed E-state index contributed by atoms with van der Waals surface area (Å²) in [4.78, 5) is 18.7. The first kappa shape index (κ1) is 25.1. The summed E-state index contributed by atoms with van der Waals surface area (Å²) >= 11 is 0. The summed E-state index contributed by atoms with van der Waals surface area (Å²) < 4.78 is 12.3. The molecule has 0 radical (unpaired) electrons. The Kier molecular flexibility index (Phi) is 5.48. The maximum Gasteiger partial charge on any atom is 0.266 e. The van der Waals surface area contributed by atoms with Crippen LogP contribution in [0.2, 0.25) is 0 Å². The first-order chi connectivity index (χ1) is 22.2. The lowest BCUT2D eigenvalue weighted by Crippen LogP contribution is -1.88. The molecular weight excluding hydrogens is 564 g/mol. The van der Waals surface area contributed by atoms with Gasteiger partial charge in [0.15, 0.2) is 0 Å². The summed E-state index contributed by atoms with van der Waals surface area (Å²) in [6.45, 7) is 1.98. The van der Waals surface area contributed by atoms with Crippen LogP contribution in [0.1, 0.15) is 5.56 Å². The van der Waals surface area contributed by atoms with E-state index >= 15 is 0 Å². The third-order valence-corrected chi connectivity index (χ3v) is 7.72. The predicted molar refractivity (Wildman–Crippen MR) is 170 cm³/mol. The third kappa shape index (κ3) is 4.27. The van der Waals surface area contributed by atoms with E-state index in [-0.39, 0.29) is 0 Å². The molecule has 10 heteroatoms. The average molecular weight is 585 g/mol. The van der Waals surface area contributed by atoms with Crippen molar-refractivity contribution in [3.63, 3.8) is 0 Å². The van der Waals surface area contributed by atoms with Gasteiger partial charge in [0.25, 0.3) is 11.8 Å². The van der Waals surface area contributed by atoms with Crippen LogP contribution in [0.5, 0.6) is 0 Å². The van der Waals surface area contributed by atoms with Crippen LogP contribution >= 0.6 is 0 Å². The number of aromatic nitrogens is 8. The van der Waals surface area contributed by atoms with E-state index in [4.69, 9.17) is 18.8 Å². The van der Waals surface area contributed by atoms with E-state index in [1.165, 1.54) is 0 Å². The molecule has 212 valence electrons. The predicted octanol–water partition coefficient (Wildman–Crippen LogP) is 7.62. The zero-order valence-electron chi connectivity index (χ0n) is 23.7. The fourth-order valence-corrected chi connectivity index (χ4v) is 5.60. The molecule has 0 amide bonds. The quantitative estimate of drug-likeness (QED) is 0.190. The van der Waals surface area contributed by atoms with Crippen molar-refractivity contribution in [1.29, 1.82) is 0 Å². The van der Waals surface area contributed by atoms with Gasteiger partial charge in [-0.15, -0.1) is 20.4 Å². The second-order valence-corrected chi connectivity index (χ2v) is 10.7. The highest BCUT2D eigenvalue weighted by Crippen LogP contribution is 2.32. The standard InChI is InChI=1S/C35H20N8O2/c1-19-16-24(32-40-42-34(44-32)26-12-10-22-8-6-20-4-2-14-36-28(20)30(22)38-26)18-25(17-19)33-41-43-35(45-33)27-13-11-23-9-7-21-5-3-15-37-29(21)31(23)39-27/h2-18H,1H3. The van der Waals surface area contributed by atoms with Gasteiger partial charge < -0.3 is 8.83 Å². The summed E-state index contributed by atoms with van der Waals surface area (Å²) in [6.07, 6.45) is 3.53. The second-order valence-electron chi connectivity index (χ2n) is 10.7. The molecule has 10 nitrogen and oxygen atoms in total. The molecular formula is C35H20N8O2. The van der Waals surface area contributed by atoms with Crippen LogP contribution in [0.15, 0.2) is 112 Å². The van der Waals surface area contributed by atoms with Crippen molar-refractivity contribution < 1.29 is 8.83 Å². The van der Waals surface area contributed by atoms with Crippen LogP contribution in [0.25, 0.3) is 89.7 Å². The number of fused-ring (bicyclic) bond motifs is 6. The van der Waals surface area contributed by atoms with Gasteiger partial charge in [-0.05, 0) is 55.0 Å². The molecule has 0 spiro atoms. The number of hydrogen-bond acceptors (Lipinski definition) is 10. The van der Waals surface area contributed by atoms with E-state index < -0.39 is 0 Å². The van der Waals surface area contributed by atoms with Crippen molar-refractivity contribution in [1.82, 2.24) is 40.3 Å². The molecule has 0 unspecified atom stereocenters. The Morgan fingerprint density at radius 3 is 1.36 bits per heavy atom. The third-order valence-electron chi connectivity index (χ3n) is 7.72. The summed E-state index contributed by atoms with van der Waals surface area (Å²) in [7, 11) is 0. The lowest BCUT2D eigenvalue weighted by molar-refractivity contribution is 0.580. The second kappa shape index (κ2) is 9.81. The van der Waals surface area contributed by atoms with Gasteiger partial charge in [-0.3, -0.25) is 9.97 Å². The van der Waals surface area contributed by atoms with Gasteiger partial charge in [0.2, 0.25) is 11.8 Å². The average Bonchev–Trinajstić information content (AvgIpc) is 3.79. The molecule has 0 saturated heterocycles. The van der Waals surface area contributed by atoms with Gasteiger partial charge in [-0.1, -0.05) is 48.5 Å². The van der Waals surface area contributed by atoms with E-state index in [1.807, 2.05) is 97.9 Å². The zero-order chi connectivity index (χ0) is 29.9. The van der Waals surface area contributed by atoms with Gasteiger partial charge in [0.05, 0.1) is 22.1 Å². The summed E-state index contributed by atoms with van der Waals surface area (Å²) in [5.41, 5.74) is 6.74. The van der Waals surface area contributed by atoms with Gasteiger partial charge in [0.1, 0.15) is 11.4 Å². The van der Waals surface area contributed by atoms with Gasteiger partial charge in [0, 0.05) is 45.1 Å². The van der Waals surface area contributed by atoms with E-state index in [2.05, 4.69) is 30.4 Å². The first-order valence-electron chi connectivity index (χ1n) is 14.3. The fraction of sp³-hybridized carbons (Fsp3) is 0.0286. The zero-order valence-corrected chi connectivity index (χ0v) is 23.7. The van der Waals surface area contributed by atoms with Gasteiger partial charge in [-0.25, -0.2) is 9.97 Å². The fourth-order valence-electron chi connectivity index (χ4n) is 5.60. The lowest BCUT2D eigenvalue weighted by Gasteiger charge is -2.04. The molecule has 6 aromatic heterocycles. The molecule has 0 bridgehead atoms. The molecule has 0 saturated carbocycles. The topological polar surface area (TPSA) is 129 Å². The highest BCUT2D eigenvalue weighted by molar-refractivity contribution is 6.04. The van der Waals surface area contributed by atoms with Crippen LogP contribution in [-0.4, -0.2) is 40.3 Å². The van der Waals surface area contributed by atoms with Gasteiger partial charge >= 0.3 is 0 Å². The van der Waals surface area contributed by atoms with Crippen molar-refractivity contribution in [2.24, 2.45) is 0 Å². The van der Waals surface area contributed by atoms with E-state index in [1.54, 1.807) is 12.4 Å². The summed E-state index contributed by atoms with van der Waals surface area (Å²) in [6, 6.07) is 29.5. The molecule has 0 atom stereocenters. The minimum absolute atomic E-state index is 0.312. The minimum atomic E-state index is 0.312. The summed E-state index contributed by atoms with van der Waals surface area (Å²) in [5.74, 6) is 1.33. The number of pyridine rings is 4. The lowest BCUT2D eigenvalue weighted by atomic mass is 10.1. The van der Waals surface area contributed by atoms with Gasteiger partial charge in [-0.2, -0.15) is 0 Å². The van der Waals surface area contributed by atoms with E-state index in [9.17, 15) is 0 Å². The highest BCUT2D eigenvalue weighted by atomic mass is 16.4. The Balaban J connectivity index is 1.06. The van der Waals surface area contributed by atoms with Crippen molar-refractivity contribution >= 4 is 43.6 Å². The smallest absolute Gasteiger partial charge is 0.266 e. The Morgan fingerprint density at radius 2 is 0.867 bits per heavy atom. The van der Waals surface area contributed by atoms with Crippen molar-refractivity contribution in [2.45, 2.75) is 6.92 Å². The number of benzene rings is 3. The molecule has 0 N–H and O–H groups in total. The molecule has 6 heterocycles. The molecule has 0 aliphatic heterocycles. The molecule has 0 aliphatic rings. The monoisotopic (exact) mass is 584 g/mol. The molecule has 45 heavy (non-hydrogen) atoms. The van der Waals surface area contributed by atoms with Crippen LogP contribution in [0.4, 0.5) is 0 Å². The molecule has 0 fully saturated rings. The first-order valence-corrected chi connectivity index (χ1v) is 14.3. The van der Waals surface area contributed by atoms with Crippen molar-refractivity contribution in [3.8, 4) is 46.1 Å². The SMILES string of the molecule is Cc1cc(-c2nnc(-c3ccc4ccc5cccnc5c4n3)o2)cc(-c2nnc(-c3ccc4ccc5cccnc5c4n3)o2)c1. The molecule has 9 rings (SSSR count). The number of hydrogen-bond donors (Lipinski definition) is 0. The largest absolute Gasteiger partial charge is 0.415 e. The van der Waals surface area contributed by atoms with Crippen molar-refractivity contribution in [2.75, 3.05) is 0 Å². The minimum Gasteiger partial charge on any atom is -0.415 e. The van der Waals surface area contributed by atoms with Crippen LogP contribution < -0.4 is 0 Å². The molecule has 3 aromatic carbocycles. The Morgan fingerprint density at radius 1 is 0.444 bits per heavy atom. The Bertz CT molecular complexity index is 2410. The maximum atomic E-state index is 6.13. The highest BCUT2D eigenvalue weighted by Gasteiger charge is 2.18.